The summed E-state index contributed by atoms with van der Waals surface area (Å²) in [6.45, 7) is 12.6. The third-order valence-corrected chi connectivity index (χ3v) is 13.6. The molecule has 0 saturated carbocycles. The second-order valence-electron chi connectivity index (χ2n) is 11.6. The number of esters is 1. The zero-order chi connectivity index (χ0) is 30.6. The molecule has 0 spiro atoms. The molecule has 2 heterocycles. The Hall–Kier alpha value is -2.56. The van der Waals surface area contributed by atoms with Crippen LogP contribution < -0.4 is 0 Å². The number of carbonyl (C=O) groups excluding carboxylic acids is 2. The monoisotopic (exact) mass is 610 g/mol. The van der Waals surface area contributed by atoms with E-state index in [-0.39, 0.29) is 10.7 Å². The first-order chi connectivity index (χ1) is 18.1. The highest BCUT2D eigenvalue weighted by Crippen LogP contribution is 2.49. The molecule has 6 atom stereocenters. The van der Waals surface area contributed by atoms with Crippen LogP contribution in [0, 0.1) is 22.0 Å². The van der Waals surface area contributed by atoms with Crippen LogP contribution in [0.3, 0.4) is 0 Å². The predicted octanol–water partition coefficient (Wildman–Crippen LogP) is 4.13. The molecule has 0 aromatic heterocycles. The van der Waals surface area contributed by atoms with Gasteiger partial charge in [0.15, 0.2) is 14.4 Å². The van der Waals surface area contributed by atoms with Gasteiger partial charge in [-0.05, 0) is 42.8 Å². The van der Waals surface area contributed by atoms with Crippen LogP contribution in [0.25, 0.3) is 0 Å². The molecule has 11 nitrogen and oxygen atoms in total. The highest BCUT2D eigenvalue weighted by molar-refractivity contribution is 7.87. The number of halogens is 3. The van der Waals surface area contributed by atoms with Gasteiger partial charge in [0.05, 0.1) is 23.0 Å². The van der Waals surface area contributed by atoms with Gasteiger partial charge in [0.1, 0.15) is 12.7 Å². The van der Waals surface area contributed by atoms with Crippen molar-refractivity contribution in [2.75, 3.05) is 0 Å². The molecule has 224 valence electrons. The van der Waals surface area contributed by atoms with Crippen LogP contribution in [0.1, 0.15) is 40.2 Å². The number of nitro groups is 1. The molecular formula is C24H33F3N2O9SSi. The second kappa shape index (κ2) is 10.7. The summed E-state index contributed by atoms with van der Waals surface area (Å²) < 4.78 is 79.7. The van der Waals surface area contributed by atoms with E-state index in [0.717, 1.165) is 4.90 Å². The summed E-state index contributed by atoms with van der Waals surface area (Å²) in [6, 6.07) is 2.38. The van der Waals surface area contributed by atoms with E-state index < -0.39 is 83.5 Å². The van der Waals surface area contributed by atoms with Crippen LogP contribution in [0.15, 0.2) is 24.3 Å². The van der Waals surface area contributed by atoms with Crippen LogP contribution in [0.2, 0.25) is 18.1 Å². The number of β-lactam (4-membered cyclic amide) rings is 1. The first kappa shape index (κ1) is 32.0. The Balaban J connectivity index is 1.88. The summed E-state index contributed by atoms with van der Waals surface area (Å²) in [6.07, 6.45) is -2.53. The number of nitro benzene ring substituents is 1. The molecule has 2 fully saturated rings. The number of ether oxygens (including phenoxy) is 1. The minimum Gasteiger partial charge on any atom is -0.459 e. The Morgan fingerprint density at radius 1 is 1.18 bits per heavy atom. The lowest BCUT2D eigenvalue weighted by Gasteiger charge is -2.50. The SMILES string of the molecule is C[C@@H](O[Si](C)(C)C(C)(C)C)[C@H]1C(=O)N2C(C(=O)OCc3ccc([N+](=O)[O-])cc3)C(OS(=O)(=O)C(F)(F)F)[C@H](C)[C@H]12. The molecule has 16 heteroatoms. The topological polar surface area (TPSA) is 142 Å². The lowest BCUT2D eigenvalue weighted by molar-refractivity contribution is -0.384. The van der Waals surface area contributed by atoms with Crippen molar-refractivity contribution in [3.05, 3.63) is 39.9 Å². The molecule has 1 aromatic rings. The van der Waals surface area contributed by atoms with Crippen LogP contribution >= 0.6 is 0 Å². The zero-order valence-corrected chi connectivity index (χ0v) is 24.9. The van der Waals surface area contributed by atoms with E-state index in [1.165, 1.54) is 31.2 Å². The molecule has 1 aromatic carbocycles. The van der Waals surface area contributed by atoms with E-state index >= 15 is 0 Å². The van der Waals surface area contributed by atoms with E-state index in [9.17, 15) is 41.3 Å². The van der Waals surface area contributed by atoms with Crippen LogP contribution in [-0.4, -0.2) is 68.2 Å². The first-order valence-electron chi connectivity index (χ1n) is 12.5. The molecule has 0 aliphatic carbocycles. The molecule has 2 saturated heterocycles. The van der Waals surface area contributed by atoms with Gasteiger partial charge in [0.2, 0.25) is 5.91 Å². The lowest BCUT2D eigenvalue weighted by Crippen LogP contribution is -2.67. The number of amides is 1. The highest BCUT2D eigenvalue weighted by atomic mass is 32.2. The summed E-state index contributed by atoms with van der Waals surface area (Å²) in [5.41, 5.74) is -5.63. The Kier molecular flexibility index (Phi) is 8.54. The number of non-ortho nitro benzene ring substituents is 1. The van der Waals surface area contributed by atoms with E-state index in [4.69, 9.17) is 9.16 Å². The Morgan fingerprint density at radius 3 is 2.20 bits per heavy atom. The number of hydrogen-bond acceptors (Lipinski definition) is 9. The lowest BCUT2D eigenvalue weighted by atomic mass is 9.79. The summed E-state index contributed by atoms with van der Waals surface area (Å²) >= 11 is 0. The van der Waals surface area contributed by atoms with Crippen molar-refractivity contribution in [1.82, 2.24) is 4.90 Å². The molecule has 0 radical (unpaired) electrons. The average Bonchev–Trinajstić information content (AvgIpc) is 3.03. The fourth-order valence-corrected chi connectivity index (χ4v) is 6.95. The third kappa shape index (κ3) is 5.89. The smallest absolute Gasteiger partial charge is 0.459 e. The molecule has 2 aliphatic rings. The fraction of sp³-hybridized carbons (Fsp3) is 0.667. The minimum absolute atomic E-state index is 0.203. The van der Waals surface area contributed by atoms with Crippen LogP contribution in [-0.2, 0) is 39.7 Å². The summed E-state index contributed by atoms with van der Waals surface area (Å²) in [7, 11) is -8.49. The molecule has 40 heavy (non-hydrogen) atoms. The van der Waals surface area contributed by atoms with E-state index in [0.29, 0.717) is 5.56 Å². The molecule has 2 unspecified atom stereocenters. The summed E-state index contributed by atoms with van der Waals surface area (Å²) in [5.74, 6) is -3.59. The molecule has 2 aliphatic heterocycles. The van der Waals surface area contributed by atoms with Crippen molar-refractivity contribution in [3.63, 3.8) is 0 Å². The van der Waals surface area contributed by atoms with Crippen molar-refractivity contribution in [2.24, 2.45) is 11.8 Å². The third-order valence-electron chi connectivity index (χ3n) is 7.98. The van der Waals surface area contributed by atoms with E-state index in [1.807, 2.05) is 33.9 Å². The standard InChI is InChI=1S/C24H33F3N2O9SSi/c1-13-18-17(14(2)38-40(6,7)23(3,4)5)21(30)28(18)19(20(13)37-39(34,35)24(25,26)27)22(31)36-12-15-8-10-16(11-9-15)29(32)33/h8-11,13-14,17-20H,12H2,1-7H3/t13-,14-,17-,18-,19?,20?/m1/s1. The largest absolute Gasteiger partial charge is 0.523 e. The second-order valence-corrected chi connectivity index (χ2v) is 18.0. The first-order valence-corrected chi connectivity index (χ1v) is 16.8. The number of carbonyl (C=O) groups is 2. The van der Waals surface area contributed by atoms with Gasteiger partial charge in [-0.3, -0.25) is 19.1 Å². The number of benzene rings is 1. The maximum atomic E-state index is 13.3. The Labute approximate surface area is 231 Å². The molecule has 0 bridgehead atoms. The van der Waals surface area contributed by atoms with Gasteiger partial charge >= 0.3 is 21.6 Å². The molecule has 1 amide bonds. The predicted molar refractivity (Wildman–Crippen MR) is 138 cm³/mol. The molecule has 3 rings (SSSR count). The number of fused-ring (bicyclic) bond motifs is 1. The minimum atomic E-state index is -6.12. The van der Waals surface area contributed by atoms with Gasteiger partial charge in [-0.15, -0.1) is 0 Å². The van der Waals surface area contributed by atoms with Crippen LogP contribution in [0.5, 0.6) is 0 Å². The van der Waals surface area contributed by atoms with E-state index in [2.05, 4.69) is 4.18 Å². The maximum Gasteiger partial charge on any atom is 0.523 e. The molecule has 0 N–H and O–H groups in total. The highest BCUT2D eigenvalue weighted by Gasteiger charge is 2.67. The number of rotatable bonds is 9. The quantitative estimate of drug-likeness (QED) is 0.0767. The van der Waals surface area contributed by atoms with Gasteiger partial charge in [-0.25, -0.2) is 4.79 Å². The van der Waals surface area contributed by atoms with Gasteiger partial charge in [-0.2, -0.15) is 21.6 Å². The van der Waals surface area contributed by atoms with E-state index in [1.54, 1.807) is 6.92 Å². The van der Waals surface area contributed by atoms with Crippen molar-refractivity contribution in [2.45, 2.75) is 89.2 Å². The van der Waals surface area contributed by atoms with Gasteiger partial charge in [0.25, 0.3) is 5.69 Å². The van der Waals surface area contributed by atoms with Crippen LogP contribution in [0.4, 0.5) is 18.9 Å². The van der Waals surface area contributed by atoms with Gasteiger partial charge < -0.3 is 14.1 Å². The van der Waals surface area contributed by atoms with Crippen molar-refractivity contribution < 1.29 is 49.4 Å². The number of alkyl halides is 3. The van der Waals surface area contributed by atoms with Gasteiger partial charge in [0, 0.05) is 18.1 Å². The Morgan fingerprint density at radius 2 is 1.73 bits per heavy atom. The zero-order valence-electron chi connectivity index (χ0n) is 23.1. The maximum absolute atomic E-state index is 13.3. The Bertz CT molecular complexity index is 1270. The normalized spacial score (nSPS) is 26.2. The number of nitrogens with zero attached hydrogens (tertiary/aromatic N) is 2. The van der Waals surface area contributed by atoms with Crippen molar-refractivity contribution in [3.8, 4) is 0 Å². The summed E-state index contributed by atoms with van der Waals surface area (Å²) in [5, 5.41) is 10.6. The molecular weight excluding hydrogens is 577 g/mol. The number of hydrogen-bond donors (Lipinski definition) is 0. The summed E-state index contributed by atoms with van der Waals surface area (Å²) in [4.78, 5) is 37.7. The van der Waals surface area contributed by atoms with Gasteiger partial charge in [-0.1, -0.05) is 27.7 Å². The average molecular weight is 611 g/mol. The fourth-order valence-electron chi connectivity index (χ4n) is 4.83. The van der Waals surface area contributed by atoms with Crippen molar-refractivity contribution in [1.29, 1.82) is 0 Å². The van der Waals surface area contributed by atoms with Crippen molar-refractivity contribution >= 4 is 36.0 Å².